The predicted octanol–water partition coefficient (Wildman–Crippen LogP) is 3.80. The van der Waals surface area contributed by atoms with E-state index in [-0.39, 0.29) is 5.91 Å². The van der Waals surface area contributed by atoms with Gasteiger partial charge < -0.3 is 15.0 Å². The molecule has 2 fully saturated rings. The van der Waals surface area contributed by atoms with Crippen molar-refractivity contribution in [1.82, 2.24) is 15.3 Å². The van der Waals surface area contributed by atoms with Crippen LogP contribution in [0.5, 0.6) is 5.88 Å². The second kappa shape index (κ2) is 7.27. The largest absolute Gasteiger partial charge is 0.481 e. The Labute approximate surface area is 176 Å². The van der Waals surface area contributed by atoms with Crippen LogP contribution in [0.15, 0.2) is 48.8 Å². The number of hydrogen-bond donors (Lipinski definition) is 1. The smallest absolute Gasteiger partial charge is 0.219 e. The first-order valence-corrected chi connectivity index (χ1v) is 10.5. The Morgan fingerprint density at radius 1 is 1.17 bits per heavy atom. The number of fused-ring (bicyclic) bond motifs is 1. The lowest BCUT2D eigenvalue weighted by Gasteiger charge is -2.59. The van der Waals surface area contributed by atoms with Crippen LogP contribution in [-0.4, -0.2) is 42.1 Å². The SMILES string of the molecule is CCC(=O)NC1CC2(C1)CN(c1cncc(-c3ccc4nc(OC)ccc4c3)c1)C2. The number of methoxy groups -OCH3 is 1. The first-order valence-electron chi connectivity index (χ1n) is 10.5. The van der Waals surface area contributed by atoms with Gasteiger partial charge in [0.2, 0.25) is 11.8 Å². The lowest BCUT2D eigenvalue weighted by molar-refractivity contribution is -0.123. The van der Waals surface area contributed by atoms with Crippen molar-refractivity contribution in [3.63, 3.8) is 0 Å². The summed E-state index contributed by atoms with van der Waals surface area (Å²) in [5.41, 5.74) is 4.68. The number of hydrogen-bond acceptors (Lipinski definition) is 5. The van der Waals surface area contributed by atoms with E-state index in [1.165, 1.54) is 0 Å². The minimum absolute atomic E-state index is 0.159. The molecule has 5 rings (SSSR count). The number of nitrogens with zero attached hydrogens (tertiary/aromatic N) is 3. The van der Waals surface area contributed by atoms with Gasteiger partial charge in [0.1, 0.15) is 0 Å². The fraction of sp³-hybridized carbons (Fsp3) is 0.375. The standard InChI is InChI=1S/C24H26N4O2/c1-3-22(29)26-19-10-24(11-19)14-28(15-24)20-9-18(12-25-13-20)16-4-6-21-17(8-16)5-7-23(27-21)30-2/h4-9,12-13,19H,3,10-11,14-15H2,1-2H3,(H,26,29). The van der Waals surface area contributed by atoms with E-state index in [2.05, 4.69) is 38.4 Å². The van der Waals surface area contributed by atoms with E-state index in [0.29, 0.717) is 23.8 Å². The molecule has 154 valence electrons. The summed E-state index contributed by atoms with van der Waals surface area (Å²) in [6, 6.07) is 12.7. The molecule has 0 atom stereocenters. The van der Waals surface area contributed by atoms with Gasteiger partial charge in [-0.3, -0.25) is 9.78 Å². The lowest BCUT2D eigenvalue weighted by Crippen LogP contribution is -2.66. The van der Waals surface area contributed by atoms with Crippen LogP contribution in [0.1, 0.15) is 26.2 Å². The zero-order chi connectivity index (χ0) is 20.7. The van der Waals surface area contributed by atoms with Gasteiger partial charge in [-0.05, 0) is 42.7 Å². The van der Waals surface area contributed by atoms with Crippen LogP contribution >= 0.6 is 0 Å². The molecule has 1 saturated carbocycles. The van der Waals surface area contributed by atoms with Gasteiger partial charge in [0.15, 0.2) is 0 Å². The molecule has 3 heterocycles. The quantitative estimate of drug-likeness (QED) is 0.703. The van der Waals surface area contributed by atoms with Crippen LogP contribution in [-0.2, 0) is 4.79 Å². The fourth-order valence-electron chi connectivity index (χ4n) is 4.78. The molecule has 1 aliphatic heterocycles. The van der Waals surface area contributed by atoms with Gasteiger partial charge in [-0.2, -0.15) is 0 Å². The molecule has 0 radical (unpaired) electrons. The summed E-state index contributed by atoms with van der Waals surface area (Å²) in [5, 5.41) is 4.19. The minimum Gasteiger partial charge on any atom is -0.481 e. The van der Waals surface area contributed by atoms with Crippen LogP contribution in [0.4, 0.5) is 5.69 Å². The van der Waals surface area contributed by atoms with Crippen LogP contribution in [0.2, 0.25) is 0 Å². The highest BCUT2D eigenvalue weighted by molar-refractivity contribution is 5.85. The van der Waals surface area contributed by atoms with E-state index in [9.17, 15) is 4.79 Å². The number of ether oxygens (including phenoxy) is 1. The third kappa shape index (κ3) is 3.36. The summed E-state index contributed by atoms with van der Waals surface area (Å²) in [4.78, 5) is 22.9. The van der Waals surface area contributed by atoms with Crippen LogP contribution in [0.25, 0.3) is 22.0 Å². The van der Waals surface area contributed by atoms with E-state index < -0.39 is 0 Å². The Morgan fingerprint density at radius 2 is 2.00 bits per heavy atom. The van der Waals surface area contributed by atoms with Crippen molar-refractivity contribution in [2.75, 3.05) is 25.1 Å². The van der Waals surface area contributed by atoms with E-state index in [1.807, 2.05) is 37.5 Å². The van der Waals surface area contributed by atoms with Gasteiger partial charge in [0, 0.05) is 54.2 Å². The molecule has 0 unspecified atom stereocenters. The summed E-state index contributed by atoms with van der Waals surface area (Å²) in [5.74, 6) is 0.782. The van der Waals surface area contributed by atoms with Gasteiger partial charge in [0.25, 0.3) is 0 Å². The maximum Gasteiger partial charge on any atom is 0.219 e. The van der Waals surface area contributed by atoms with Gasteiger partial charge in [-0.15, -0.1) is 0 Å². The molecule has 1 amide bonds. The molecule has 3 aromatic rings. The molecule has 1 saturated heterocycles. The zero-order valence-electron chi connectivity index (χ0n) is 17.4. The molecule has 1 spiro atoms. The van der Waals surface area contributed by atoms with Gasteiger partial charge in [-0.25, -0.2) is 4.98 Å². The maximum atomic E-state index is 11.6. The Balaban J connectivity index is 1.28. The first-order chi connectivity index (χ1) is 14.6. The average Bonchev–Trinajstić information content (AvgIpc) is 2.73. The number of benzene rings is 1. The van der Waals surface area contributed by atoms with Crippen LogP contribution in [0.3, 0.4) is 0 Å². The first kappa shape index (κ1) is 18.9. The molecule has 0 bridgehead atoms. The highest BCUT2D eigenvalue weighted by atomic mass is 16.5. The van der Waals surface area contributed by atoms with Gasteiger partial charge >= 0.3 is 0 Å². The molecular weight excluding hydrogens is 376 g/mol. The van der Waals surface area contributed by atoms with Gasteiger partial charge in [-0.1, -0.05) is 13.0 Å². The van der Waals surface area contributed by atoms with Crippen molar-refractivity contribution >= 4 is 22.5 Å². The van der Waals surface area contributed by atoms with Crippen molar-refractivity contribution in [3.8, 4) is 17.0 Å². The number of rotatable bonds is 5. The molecule has 1 aromatic carbocycles. The fourth-order valence-corrected chi connectivity index (χ4v) is 4.78. The molecule has 1 aliphatic carbocycles. The number of pyridine rings is 2. The topological polar surface area (TPSA) is 67.4 Å². The molecule has 6 heteroatoms. The third-order valence-corrected chi connectivity index (χ3v) is 6.39. The summed E-state index contributed by atoms with van der Waals surface area (Å²) >= 11 is 0. The number of carbonyl (C=O) groups excluding carboxylic acids is 1. The molecule has 1 N–H and O–H groups in total. The third-order valence-electron chi connectivity index (χ3n) is 6.39. The van der Waals surface area contributed by atoms with Crippen LogP contribution in [0, 0.1) is 5.41 Å². The van der Waals surface area contributed by atoms with Gasteiger partial charge in [0.05, 0.1) is 24.5 Å². The second-order valence-corrected chi connectivity index (χ2v) is 8.58. The minimum atomic E-state index is 0.159. The summed E-state index contributed by atoms with van der Waals surface area (Å²) in [6.07, 6.45) is 6.59. The van der Waals surface area contributed by atoms with Crippen molar-refractivity contribution in [1.29, 1.82) is 0 Å². The Hall–Kier alpha value is -3.15. The van der Waals surface area contributed by atoms with E-state index in [0.717, 1.165) is 53.6 Å². The van der Waals surface area contributed by atoms with Crippen LogP contribution < -0.4 is 15.0 Å². The molecule has 30 heavy (non-hydrogen) atoms. The number of carbonyl (C=O) groups is 1. The van der Waals surface area contributed by atoms with E-state index in [4.69, 9.17) is 4.74 Å². The Bertz CT molecular complexity index is 1100. The summed E-state index contributed by atoms with van der Waals surface area (Å²) < 4.78 is 5.21. The normalized spacial score (nSPS) is 17.5. The molecule has 2 aliphatic rings. The highest BCUT2D eigenvalue weighted by Gasteiger charge is 2.52. The summed E-state index contributed by atoms with van der Waals surface area (Å²) in [6.45, 7) is 3.98. The molecule has 6 nitrogen and oxygen atoms in total. The van der Waals surface area contributed by atoms with E-state index in [1.54, 1.807) is 7.11 Å². The number of amides is 1. The highest BCUT2D eigenvalue weighted by Crippen LogP contribution is 2.49. The molecule has 2 aromatic heterocycles. The maximum absolute atomic E-state index is 11.6. The monoisotopic (exact) mass is 402 g/mol. The van der Waals surface area contributed by atoms with Crippen molar-refractivity contribution in [2.45, 2.75) is 32.2 Å². The number of anilines is 1. The van der Waals surface area contributed by atoms with Crippen molar-refractivity contribution < 1.29 is 9.53 Å². The Kier molecular flexibility index (Phi) is 4.57. The van der Waals surface area contributed by atoms with E-state index >= 15 is 0 Å². The number of aromatic nitrogens is 2. The lowest BCUT2D eigenvalue weighted by atomic mass is 9.60. The average molecular weight is 402 g/mol. The Morgan fingerprint density at radius 3 is 2.77 bits per heavy atom. The second-order valence-electron chi connectivity index (χ2n) is 8.58. The van der Waals surface area contributed by atoms with Crippen molar-refractivity contribution in [2.24, 2.45) is 5.41 Å². The van der Waals surface area contributed by atoms with Crippen molar-refractivity contribution in [3.05, 3.63) is 48.8 Å². The number of nitrogens with one attached hydrogen (secondary N) is 1. The molecular formula is C24H26N4O2. The summed E-state index contributed by atoms with van der Waals surface area (Å²) in [7, 11) is 1.63. The predicted molar refractivity (Wildman–Crippen MR) is 118 cm³/mol. The zero-order valence-corrected chi connectivity index (χ0v) is 17.4.